The molecule has 90 valence electrons. The molecule has 0 aliphatic carbocycles. The average Bonchev–Trinajstić information content (AvgIpc) is 2.63. The van der Waals surface area contributed by atoms with Crippen molar-refractivity contribution in [3.8, 4) is 0 Å². The van der Waals surface area contributed by atoms with Crippen LogP contribution in [-0.4, -0.2) is 35.4 Å². The molecule has 5 heteroatoms. The summed E-state index contributed by atoms with van der Waals surface area (Å²) in [5.41, 5.74) is 0.939. The average molecular weight is 242 g/mol. The zero-order valence-electron chi connectivity index (χ0n) is 9.93. The molecule has 0 radical (unpaired) electrons. The Morgan fingerprint density at radius 3 is 2.94 bits per heavy atom. The molecule has 16 heavy (non-hydrogen) atoms. The Morgan fingerprint density at radius 2 is 2.31 bits per heavy atom. The van der Waals surface area contributed by atoms with Crippen molar-refractivity contribution in [2.24, 2.45) is 0 Å². The number of aryl methyl sites for hydroxylation is 1. The van der Waals surface area contributed by atoms with Crippen LogP contribution in [0.15, 0.2) is 0 Å². The van der Waals surface area contributed by atoms with E-state index >= 15 is 0 Å². The van der Waals surface area contributed by atoms with Gasteiger partial charge in [0, 0.05) is 6.54 Å². The molecular formula is C11H18N2O2S. The molecule has 4 nitrogen and oxygen atoms in total. The van der Waals surface area contributed by atoms with E-state index in [1.807, 2.05) is 6.92 Å². The molecule has 1 aromatic heterocycles. The van der Waals surface area contributed by atoms with Crippen LogP contribution < -0.4 is 4.90 Å². The number of aromatic nitrogens is 1. The predicted molar refractivity (Wildman–Crippen MR) is 65.0 cm³/mol. The Hall–Kier alpha value is -0.650. The molecular weight excluding hydrogens is 224 g/mol. The minimum atomic E-state index is 0.0811. The lowest BCUT2D eigenvalue weighted by atomic mass is 10.2. The van der Waals surface area contributed by atoms with E-state index in [0.717, 1.165) is 28.9 Å². The Morgan fingerprint density at radius 1 is 1.56 bits per heavy atom. The van der Waals surface area contributed by atoms with E-state index in [0.29, 0.717) is 6.04 Å². The highest BCUT2D eigenvalue weighted by Crippen LogP contribution is 2.29. The lowest BCUT2D eigenvalue weighted by Gasteiger charge is -2.36. The maximum absolute atomic E-state index is 9.18. The molecule has 0 aromatic carbocycles. The third kappa shape index (κ3) is 2.21. The molecule has 0 bridgehead atoms. The fraction of sp³-hybridized carbons (Fsp3) is 0.727. The molecule has 1 aliphatic heterocycles. The highest BCUT2D eigenvalue weighted by Gasteiger charge is 2.26. The number of aliphatic hydroxyl groups excluding tert-OH is 1. The van der Waals surface area contributed by atoms with Crippen LogP contribution in [0.2, 0.25) is 0 Å². The van der Waals surface area contributed by atoms with Gasteiger partial charge in [0.05, 0.1) is 35.9 Å². The van der Waals surface area contributed by atoms with E-state index in [1.54, 1.807) is 11.3 Å². The summed E-state index contributed by atoms with van der Waals surface area (Å²) < 4.78 is 5.59. The highest BCUT2D eigenvalue weighted by molar-refractivity contribution is 7.15. The summed E-state index contributed by atoms with van der Waals surface area (Å²) in [6.07, 6.45) is 0.248. The van der Waals surface area contributed by atoms with Crippen molar-refractivity contribution < 1.29 is 9.84 Å². The number of morpholine rings is 1. The largest absolute Gasteiger partial charge is 0.391 e. The first kappa shape index (κ1) is 11.8. The van der Waals surface area contributed by atoms with Gasteiger partial charge in [-0.25, -0.2) is 4.98 Å². The summed E-state index contributed by atoms with van der Waals surface area (Å²) in [5, 5.41) is 10.2. The fourth-order valence-electron chi connectivity index (χ4n) is 1.85. The van der Waals surface area contributed by atoms with Crippen LogP contribution in [0.5, 0.6) is 0 Å². The molecule has 1 aliphatic rings. The van der Waals surface area contributed by atoms with Crippen molar-refractivity contribution in [3.05, 3.63) is 10.6 Å². The predicted octanol–water partition coefficient (Wildman–Crippen LogP) is 1.56. The van der Waals surface area contributed by atoms with Gasteiger partial charge in [-0.05, 0) is 20.8 Å². The first-order valence-corrected chi connectivity index (χ1v) is 6.39. The van der Waals surface area contributed by atoms with E-state index in [1.165, 1.54) is 0 Å². The molecule has 1 N–H and O–H groups in total. The first-order valence-electron chi connectivity index (χ1n) is 5.57. The number of anilines is 1. The molecule has 0 amide bonds. The summed E-state index contributed by atoms with van der Waals surface area (Å²) in [4.78, 5) is 7.75. The Labute approximate surface area is 99.9 Å². The number of aliphatic hydroxyl groups is 1. The molecule has 2 atom stereocenters. The van der Waals surface area contributed by atoms with E-state index in [9.17, 15) is 5.11 Å². The van der Waals surface area contributed by atoms with Gasteiger partial charge in [-0.1, -0.05) is 11.3 Å². The highest BCUT2D eigenvalue weighted by atomic mass is 32.1. The molecule has 1 aromatic rings. The summed E-state index contributed by atoms with van der Waals surface area (Å²) >= 11 is 1.58. The van der Waals surface area contributed by atoms with Crippen molar-refractivity contribution >= 4 is 16.5 Å². The number of nitrogens with zero attached hydrogens (tertiary/aromatic N) is 2. The van der Waals surface area contributed by atoms with E-state index in [4.69, 9.17) is 4.74 Å². The van der Waals surface area contributed by atoms with Crippen molar-refractivity contribution in [2.75, 3.05) is 18.1 Å². The summed E-state index contributed by atoms with van der Waals surface area (Å²) in [6, 6.07) is 0.355. The van der Waals surface area contributed by atoms with Gasteiger partial charge in [0.1, 0.15) is 0 Å². The fourth-order valence-corrected chi connectivity index (χ4v) is 2.88. The molecule has 2 unspecified atom stereocenters. The second-order valence-corrected chi connectivity index (χ2v) is 5.37. The maximum atomic E-state index is 9.18. The van der Waals surface area contributed by atoms with Gasteiger partial charge < -0.3 is 14.7 Å². The van der Waals surface area contributed by atoms with Gasteiger partial charge in [0.2, 0.25) is 0 Å². The molecule has 0 spiro atoms. The third-order valence-electron chi connectivity index (χ3n) is 2.88. The van der Waals surface area contributed by atoms with E-state index in [-0.39, 0.29) is 12.7 Å². The Bertz CT molecular complexity index is 367. The molecule has 1 saturated heterocycles. The lowest BCUT2D eigenvalue weighted by Crippen LogP contribution is -2.47. The van der Waals surface area contributed by atoms with Crippen molar-refractivity contribution in [2.45, 2.75) is 39.5 Å². The summed E-state index contributed by atoms with van der Waals surface area (Å²) in [6.45, 7) is 7.86. The van der Waals surface area contributed by atoms with Crippen LogP contribution in [0.4, 0.5) is 5.13 Å². The van der Waals surface area contributed by atoms with Gasteiger partial charge in [-0.2, -0.15) is 0 Å². The topological polar surface area (TPSA) is 45.6 Å². The summed E-state index contributed by atoms with van der Waals surface area (Å²) in [7, 11) is 0. The number of hydrogen-bond donors (Lipinski definition) is 1. The third-order valence-corrected chi connectivity index (χ3v) is 4.06. The van der Waals surface area contributed by atoms with Gasteiger partial charge in [-0.3, -0.25) is 0 Å². The second kappa shape index (κ2) is 4.69. The van der Waals surface area contributed by atoms with Crippen molar-refractivity contribution in [1.29, 1.82) is 0 Å². The minimum Gasteiger partial charge on any atom is -0.391 e. The Balaban J connectivity index is 2.21. The van der Waals surface area contributed by atoms with E-state index in [2.05, 4.69) is 23.7 Å². The van der Waals surface area contributed by atoms with Crippen molar-refractivity contribution in [3.63, 3.8) is 0 Å². The first-order chi connectivity index (χ1) is 7.61. The molecule has 2 heterocycles. The number of rotatable bonds is 2. The second-order valence-electron chi connectivity index (χ2n) is 4.31. The zero-order valence-corrected chi connectivity index (χ0v) is 10.8. The standard InChI is InChI=1S/C11H18N2O2S/c1-7-6-15-8(2)4-13(7)11-12-9(3)10(5-14)16-11/h7-8,14H,4-6H2,1-3H3. The van der Waals surface area contributed by atoms with Gasteiger partial charge in [0.25, 0.3) is 0 Å². The monoisotopic (exact) mass is 242 g/mol. The Kier molecular flexibility index (Phi) is 3.47. The summed E-state index contributed by atoms with van der Waals surface area (Å²) in [5.74, 6) is 0. The molecule has 1 fully saturated rings. The SMILES string of the molecule is Cc1nc(N2CC(C)OCC2C)sc1CO. The van der Waals surface area contributed by atoms with E-state index < -0.39 is 0 Å². The van der Waals surface area contributed by atoms with Crippen LogP contribution in [0.3, 0.4) is 0 Å². The molecule has 2 rings (SSSR count). The van der Waals surface area contributed by atoms with Crippen LogP contribution in [-0.2, 0) is 11.3 Å². The van der Waals surface area contributed by atoms with Crippen LogP contribution >= 0.6 is 11.3 Å². The minimum absolute atomic E-state index is 0.0811. The number of thiazole rings is 1. The van der Waals surface area contributed by atoms with Crippen LogP contribution in [0.1, 0.15) is 24.4 Å². The van der Waals surface area contributed by atoms with Gasteiger partial charge in [0.15, 0.2) is 5.13 Å². The quantitative estimate of drug-likeness (QED) is 0.855. The van der Waals surface area contributed by atoms with Gasteiger partial charge in [-0.15, -0.1) is 0 Å². The van der Waals surface area contributed by atoms with Crippen LogP contribution in [0, 0.1) is 6.92 Å². The smallest absolute Gasteiger partial charge is 0.186 e. The maximum Gasteiger partial charge on any atom is 0.186 e. The molecule has 0 saturated carbocycles. The lowest BCUT2D eigenvalue weighted by molar-refractivity contribution is 0.0343. The zero-order chi connectivity index (χ0) is 11.7. The number of ether oxygens (including phenoxy) is 1. The van der Waals surface area contributed by atoms with Crippen LogP contribution in [0.25, 0.3) is 0 Å². The van der Waals surface area contributed by atoms with Gasteiger partial charge >= 0.3 is 0 Å². The van der Waals surface area contributed by atoms with Crippen molar-refractivity contribution in [1.82, 2.24) is 4.98 Å². The number of hydrogen-bond acceptors (Lipinski definition) is 5. The normalized spacial score (nSPS) is 26.1.